The minimum absolute atomic E-state index is 0.102. The van der Waals surface area contributed by atoms with E-state index in [4.69, 9.17) is 0 Å². The van der Waals surface area contributed by atoms with Crippen molar-refractivity contribution < 1.29 is 14.8 Å². The SMILES string of the molecule is O=C1CSC(O)N1c1cccc([N+](=O)[O-])c1. The van der Waals surface area contributed by atoms with E-state index in [1.54, 1.807) is 6.07 Å². The third-order valence-corrected chi connectivity index (χ3v) is 3.09. The summed E-state index contributed by atoms with van der Waals surface area (Å²) in [5.41, 5.74) is -0.722. The third-order valence-electron chi connectivity index (χ3n) is 2.16. The molecule has 0 aromatic heterocycles. The highest BCUT2D eigenvalue weighted by molar-refractivity contribution is 8.01. The summed E-state index contributed by atoms with van der Waals surface area (Å²) in [6.07, 6.45) is 0. The zero-order chi connectivity index (χ0) is 11.7. The van der Waals surface area contributed by atoms with E-state index in [0.29, 0.717) is 5.69 Å². The first-order chi connectivity index (χ1) is 7.59. The maximum absolute atomic E-state index is 11.4. The van der Waals surface area contributed by atoms with Crippen LogP contribution in [0.25, 0.3) is 0 Å². The maximum atomic E-state index is 11.4. The molecular weight excluding hydrogens is 232 g/mol. The molecule has 1 atom stereocenters. The van der Waals surface area contributed by atoms with Gasteiger partial charge in [0.05, 0.1) is 16.4 Å². The molecule has 1 saturated heterocycles. The number of benzene rings is 1. The van der Waals surface area contributed by atoms with Gasteiger partial charge in [0, 0.05) is 12.1 Å². The number of hydrogen-bond donors (Lipinski definition) is 1. The van der Waals surface area contributed by atoms with Crippen LogP contribution in [-0.4, -0.2) is 27.2 Å². The van der Waals surface area contributed by atoms with Crippen molar-refractivity contribution in [2.75, 3.05) is 10.7 Å². The van der Waals surface area contributed by atoms with Crippen molar-refractivity contribution in [3.63, 3.8) is 0 Å². The number of nitro benzene ring substituents is 1. The number of carbonyl (C=O) groups is 1. The zero-order valence-corrected chi connectivity index (χ0v) is 8.88. The van der Waals surface area contributed by atoms with Crippen molar-refractivity contribution in [2.45, 2.75) is 5.56 Å². The molecule has 7 heteroatoms. The number of rotatable bonds is 2. The Balaban J connectivity index is 2.36. The second-order valence-electron chi connectivity index (χ2n) is 3.18. The molecule has 1 N–H and O–H groups in total. The molecule has 6 nitrogen and oxygen atoms in total. The van der Waals surface area contributed by atoms with E-state index in [0.717, 1.165) is 16.7 Å². The second-order valence-corrected chi connectivity index (χ2v) is 4.22. The molecule has 2 rings (SSSR count). The Morgan fingerprint density at radius 1 is 1.56 bits per heavy atom. The van der Waals surface area contributed by atoms with Gasteiger partial charge < -0.3 is 5.11 Å². The average Bonchev–Trinajstić information content (AvgIpc) is 2.59. The largest absolute Gasteiger partial charge is 0.364 e. The Morgan fingerprint density at radius 2 is 2.31 bits per heavy atom. The van der Waals surface area contributed by atoms with Crippen molar-refractivity contribution >= 4 is 29.0 Å². The van der Waals surface area contributed by atoms with Gasteiger partial charge in [0.25, 0.3) is 5.69 Å². The number of thioether (sulfide) groups is 1. The van der Waals surface area contributed by atoms with E-state index < -0.39 is 10.5 Å². The monoisotopic (exact) mass is 240 g/mol. The van der Waals surface area contributed by atoms with Crippen molar-refractivity contribution in [1.29, 1.82) is 0 Å². The molecule has 16 heavy (non-hydrogen) atoms. The van der Waals surface area contributed by atoms with Crippen LogP contribution >= 0.6 is 11.8 Å². The molecule has 1 aliphatic rings. The number of carbonyl (C=O) groups excluding carboxylic acids is 1. The predicted octanol–water partition coefficient (Wildman–Crippen LogP) is 0.951. The molecule has 1 aromatic carbocycles. The minimum atomic E-state index is -0.963. The summed E-state index contributed by atoms with van der Waals surface area (Å²) in [6, 6.07) is 5.65. The number of amides is 1. The van der Waals surface area contributed by atoms with Crippen LogP contribution in [0.3, 0.4) is 0 Å². The summed E-state index contributed by atoms with van der Waals surface area (Å²) in [6.45, 7) is 0. The molecular formula is C9H8N2O4S. The van der Waals surface area contributed by atoms with E-state index in [-0.39, 0.29) is 17.3 Å². The topological polar surface area (TPSA) is 83.7 Å². The number of nitro groups is 1. The van der Waals surface area contributed by atoms with E-state index in [1.807, 2.05) is 0 Å². The molecule has 1 fully saturated rings. The average molecular weight is 240 g/mol. The quantitative estimate of drug-likeness (QED) is 0.614. The Morgan fingerprint density at radius 3 is 2.88 bits per heavy atom. The number of anilines is 1. The number of non-ortho nitro benzene ring substituents is 1. The van der Waals surface area contributed by atoms with E-state index in [1.165, 1.54) is 18.2 Å². The molecule has 0 spiro atoms. The van der Waals surface area contributed by atoms with Gasteiger partial charge >= 0.3 is 0 Å². The van der Waals surface area contributed by atoms with Gasteiger partial charge in [0.1, 0.15) is 0 Å². The number of nitrogens with zero attached hydrogens (tertiary/aromatic N) is 2. The lowest BCUT2D eigenvalue weighted by Crippen LogP contribution is -2.32. The van der Waals surface area contributed by atoms with Crippen LogP contribution in [0.2, 0.25) is 0 Å². The summed E-state index contributed by atoms with van der Waals surface area (Å²) in [7, 11) is 0. The van der Waals surface area contributed by atoms with Crippen LogP contribution in [0.1, 0.15) is 0 Å². The first-order valence-electron chi connectivity index (χ1n) is 4.46. The smallest absolute Gasteiger partial charge is 0.271 e. The van der Waals surface area contributed by atoms with Crippen molar-refractivity contribution in [3.8, 4) is 0 Å². The highest BCUT2D eigenvalue weighted by atomic mass is 32.2. The third kappa shape index (κ3) is 1.86. The number of hydrogen-bond acceptors (Lipinski definition) is 5. The van der Waals surface area contributed by atoms with E-state index in [2.05, 4.69) is 0 Å². The van der Waals surface area contributed by atoms with Crippen LogP contribution < -0.4 is 4.90 Å². The Hall–Kier alpha value is -1.60. The molecule has 1 aromatic rings. The highest BCUT2D eigenvalue weighted by Gasteiger charge is 2.31. The standard InChI is InChI=1S/C9H8N2O4S/c12-8-5-16-9(13)10(8)6-2-1-3-7(4-6)11(14)15/h1-4,9,13H,5H2. The lowest BCUT2D eigenvalue weighted by atomic mass is 10.2. The van der Waals surface area contributed by atoms with E-state index in [9.17, 15) is 20.0 Å². The molecule has 0 radical (unpaired) electrons. The van der Waals surface area contributed by atoms with Crippen LogP contribution in [0.4, 0.5) is 11.4 Å². The molecule has 1 unspecified atom stereocenters. The minimum Gasteiger partial charge on any atom is -0.364 e. The fourth-order valence-electron chi connectivity index (χ4n) is 1.44. The van der Waals surface area contributed by atoms with Crippen molar-refractivity contribution in [3.05, 3.63) is 34.4 Å². The van der Waals surface area contributed by atoms with Crippen LogP contribution in [0.15, 0.2) is 24.3 Å². The van der Waals surface area contributed by atoms with Gasteiger partial charge in [-0.05, 0) is 6.07 Å². The Labute approximate surface area is 95.0 Å². The van der Waals surface area contributed by atoms with Gasteiger partial charge in [0.2, 0.25) is 5.91 Å². The summed E-state index contributed by atoms with van der Waals surface area (Å²) in [5.74, 6) is -0.0675. The lowest BCUT2D eigenvalue weighted by molar-refractivity contribution is -0.384. The first kappa shape index (κ1) is 10.9. The van der Waals surface area contributed by atoms with Gasteiger partial charge in [0.15, 0.2) is 5.56 Å². The predicted molar refractivity (Wildman–Crippen MR) is 59.0 cm³/mol. The van der Waals surface area contributed by atoms with Gasteiger partial charge in [-0.25, -0.2) is 0 Å². The van der Waals surface area contributed by atoms with Crippen LogP contribution in [-0.2, 0) is 4.79 Å². The highest BCUT2D eigenvalue weighted by Crippen LogP contribution is 2.30. The van der Waals surface area contributed by atoms with Gasteiger partial charge in [-0.3, -0.25) is 19.8 Å². The van der Waals surface area contributed by atoms with Gasteiger partial charge in [-0.2, -0.15) is 0 Å². The lowest BCUT2D eigenvalue weighted by Gasteiger charge is -2.18. The molecule has 1 amide bonds. The molecule has 0 saturated carbocycles. The molecule has 1 heterocycles. The second kappa shape index (κ2) is 4.11. The van der Waals surface area contributed by atoms with Crippen LogP contribution in [0, 0.1) is 10.1 Å². The fourth-order valence-corrected chi connectivity index (χ4v) is 2.26. The fraction of sp³-hybridized carbons (Fsp3) is 0.222. The zero-order valence-electron chi connectivity index (χ0n) is 8.07. The van der Waals surface area contributed by atoms with Gasteiger partial charge in [-0.15, -0.1) is 0 Å². The number of aliphatic hydroxyl groups is 1. The molecule has 84 valence electrons. The Bertz CT molecular complexity index is 451. The van der Waals surface area contributed by atoms with Crippen molar-refractivity contribution in [1.82, 2.24) is 0 Å². The summed E-state index contributed by atoms with van der Waals surface area (Å²) in [5, 5.41) is 20.1. The maximum Gasteiger partial charge on any atom is 0.271 e. The van der Waals surface area contributed by atoms with Gasteiger partial charge in [-0.1, -0.05) is 17.8 Å². The molecule has 0 aliphatic carbocycles. The van der Waals surface area contributed by atoms with Crippen molar-refractivity contribution in [2.24, 2.45) is 0 Å². The normalized spacial score (nSPS) is 20.2. The number of aliphatic hydroxyl groups excluding tert-OH is 1. The van der Waals surface area contributed by atoms with E-state index >= 15 is 0 Å². The Kier molecular flexibility index (Phi) is 2.80. The summed E-state index contributed by atoms with van der Waals surface area (Å²) in [4.78, 5) is 22.6. The molecule has 1 aliphatic heterocycles. The van der Waals surface area contributed by atoms with Crippen LogP contribution in [0.5, 0.6) is 0 Å². The molecule has 0 bridgehead atoms. The summed E-state index contributed by atoms with van der Waals surface area (Å²) >= 11 is 1.08. The first-order valence-corrected chi connectivity index (χ1v) is 5.50. The summed E-state index contributed by atoms with van der Waals surface area (Å²) < 4.78 is 0.